The van der Waals surface area contributed by atoms with Crippen LogP contribution in [0.3, 0.4) is 0 Å². The van der Waals surface area contributed by atoms with E-state index in [4.69, 9.17) is 39.4 Å². The average Bonchev–Trinajstić information content (AvgIpc) is 4.42. The summed E-state index contributed by atoms with van der Waals surface area (Å²) in [7, 11) is 4.78. The number of amides is 6. The predicted molar refractivity (Wildman–Crippen MR) is 299 cm³/mol. The van der Waals surface area contributed by atoms with Gasteiger partial charge in [-0.05, 0) is 75.2 Å². The van der Waals surface area contributed by atoms with E-state index < -0.39 is 85.3 Å². The van der Waals surface area contributed by atoms with Crippen LogP contribution >= 0.6 is 0 Å². The SMILES string of the molecule is C=C1C[C@H]2C(O)N(C(=O)OCc3ccc(O[C@@H]4O[C@H](C(=O)O)[C@@H](O)[C@H](O)[C@H]4O)c(C(=O)NCCOCCON)c3)c3cc(OCCCC(=O)Nc4cc(C(=O)Nc5cc(C(=O)NCCCO)n(CCCNC)c5)n(C)c4)c(OC)cc3C(=O)N2C1. The van der Waals surface area contributed by atoms with Crippen molar-refractivity contribution in [2.75, 3.05) is 88.9 Å². The van der Waals surface area contributed by atoms with Crippen molar-refractivity contribution < 1.29 is 97.5 Å². The van der Waals surface area contributed by atoms with Crippen LogP contribution < -0.4 is 51.6 Å². The first kappa shape index (κ1) is 64.4. The Morgan fingerprint density at radius 2 is 1.56 bits per heavy atom. The Bertz CT molecular complexity index is 3060. The highest BCUT2D eigenvalue weighted by atomic mass is 16.7. The van der Waals surface area contributed by atoms with Crippen molar-refractivity contribution >= 4 is 58.7 Å². The summed E-state index contributed by atoms with van der Waals surface area (Å²) in [6.07, 6.45) is -8.26. The molecule has 2 aromatic heterocycles. The Labute approximate surface area is 487 Å². The normalized spacial score (nSPS) is 20.0. The van der Waals surface area contributed by atoms with Gasteiger partial charge in [0.1, 0.15) is 42.1 Å². The highest BCUT2D eigenvalue weighted by Gasteiger charge is 2.49. The molecule has 4 aromatic rings. The van der Waals surface area contributed by atoms with Crippen LogP contribution in [-0.2, 0) is 48.8 Å². The average molecular weight is 1190 g/mol. The minimum absolute atomic E-state index is 0.0123. The molecule has 0 spiro atoms. The number of aromatic nitrogens is 2. The fraction of sp³-hybridized carbons (Fsp3) is 0.473. The molecule has 30 heteroatoms. The van der Waals surface area contributed by atoms with Crippen molar-refractivity contribution in [1.82, 2.24) is 30.0 Å². The van der Waals surface area contributed by atoms with E-state index in [-0.39, 0.29) is 123 Å². The van der Waals surface area contributed by atoms with E-state index in [9.17, 15) is 59.1 Å². The number of carboxylic acid groups (broad SMARTS) is 1. The maximum Gasteiger partial charge on any atom is 0.416 e. The highest BCUT2D eigenvalue weighted by Crippen LogP contribution is 2.42. The number of fused-ring (bicyclic) bond motifs is 2. The standard InChI is InChI=1S/C55H72N10O20/c1-30-20-39-52(75)65(55(78)82-29-31-9-10-40(35(21-31)48(71)59-13-17-80-18-19-83-56)84-54-46(70)44(68)45(69)47(85-54)53(76)77)36-25-42(41(79-4)24-34(36)51(74)64(39)26-30)81-16-5-8-43(67)60-32-22-37(62(3)27-32)50(73)61-33-23-38(49(72)58-12-7-15-66)63(28-33)14-6-11-57-2/h9-10,21-25,27-28,39,44-47,52,54,57,66,68-70,75H,1,5-8,11-20,26,29,56H2,2-4H3,(H,58,72)(H,59,71)(H,60,67)(H,61,73)(H,76,77)/t39-,44-,45-,46+,47-,52?,54+/m0/s1. The number of ether oxygens (including phenoxy) is 6. The number of rotatable bonds is 29. The summed E-state index contributed by atoms with van der Waals surface area (Å²) in [6, 6.07) is 8.60. The van der Waals surface area contributed by atoms with Gasteiger partial charge in [-0.15, -0.1) is 0 Å². The number of carboxylic acids is 1. The lowest BCUT2D eigenvalue weighted by molar-refractivity contribution is -0.271. The van der Waals surface area contributed by atoms with E-state index in [1.54, 1.807) is 30.1 Å². The van der Waals surface area contributed by atoms with Gasteiger partial charge in [0.15, 0.2) is 23.8 Å². The number of hydrogen-bond acceptors (Lipinski definition) is 21. The van der Waals surface area contributed by atoms with Gasteiger partial charge in [0.05, 0.1) is 67.8 Å². The molecule has 3 aliphatic rings. The molecule has 1 unspecified atom stereocenters. The highest BCUT2D eigenvalue weighted by molar-refractivity contribution is 6.07. The third-order valence-corrected chi connectivity index (χ3v) is 13.9. The molecule has 0 radical (unpaired) electrons. The lowest BCUT2D eigenvalue weighted by atomic mass is 9.99. The number of aliphatic hydroxyl groups excluding tert-OH is 5. The van der Waals surface area contributed by atoms with Gasteiger partial charge in [-0.2, -0.15) is 0 Å². The molecule has 0 bridgehead atoms. The molecule has 2 fully saturated rings. The van der Waals surface area contributed by atoms with Crippen molar-refractivity contribution in [3.8, 4) is 17.2 Å². The number of hydrogen-bond donors (Lipinski definition) is 12. The van der Waals surface area contributed by atoms with Crippen molar-refractivity contribution in [3.05, 3.63) is 95.1 Å². The Morgan fingerprint density at radius 1 is 0.812 bits per heavy atom. The molecule has 462 valence electrons. The summed E-state index contributed by atoms with van der Waals surface area (Å²) >= 11 is 0. The smallest absolute Gasteiger partial charge is 0.416 e. The summed E-state index contributed by atoms with van der Waals surface area (Å²) in [5, 5.41) is 76.1. The Hall–Kier alpha value is -8.17. The third kappa shape index (κ3) is 16.0. The number of nitrogens with zero attached hydrogens (tertiary/aromatic N) is 4. The minimum atomic E-state index is -2.02. The lowest BCUT2D eigenvalue weighted by Gasteiger charge is -2.38. The molecule has 6 amide bonds. The quantitative estimate of drug-likeness (QED) is 0.0190. The van der Waals surface area contributed by atoms with Gasteiger partial charge in [-0.3, -0.25) is 24.0 Å². The second kappa shape index (κ2) is 30.1. The summed E-state index contributed by atoms with van der Waals surface area (Å²) in [5.74, 6) is 0.544. The molecule has 5 heterocycles. The Kier molecular flexibility index (Phi) is 22.8. The number of carbonyl (C=O) groups excluding carboxylic acids is 6. The van der Waals surface area contributed by atoms with E-state index in [1.165, 1.54) is 53.0 Å². The van der Waals surface area contributed by atoms with Gasteiger partial charge >= 0.3 is 12.1 Å². The zero-order chi connectivity index (χ0) is 61.5. The van der Waals surface area contributed by atoms with Crippen LogP contribution in [0.15, 0.2) is 67.0 Å². The van der Waals surface area contributed by atoms with Gasteiger partial charge in [-0.1, -0.05) is 18.2 Å². The van der Waals surface area contributed by atoms with Gasteiger partial charge in [0.2, 0.25) is 12.2 Å². The molecule has 7 rings (SSSR count). The summed E-state index contributed by atoms with van der Waals surface area (Å²) in [6.45, 7) is 4.96. The van der Waals surface area contributed by atoms with Gasteiger partial charge in [-0.25, -0.2) is 20.4 Å². The molecule has 3 aliphatic heterocycles. The first-order valence-corrected chi connectivity index (χ1v) is 27.2. The molecule has 2 saturated heterocycles. The molecule has 7 atom stereocenters. The fourth-order valence-electron chi connectivity index (χ4n) is 9.61. The van der Waals surface area contributed by atoms with Crippen molar-refractivity contribution in [3.63, 3.8) is 0 Å². The van der Waals surface area contributed by atoms with Crippen LogP contribution in [0.25, 0.3) is 0 Å². The number of nitrogens with one attached hydrogen (secondary N) is 5. The number of aryl methyl sites for hydroxylation is 2. The zero-order valence-electron chi connectivity index (χ0n) is 47.0. The topological polar surface area (TPSA) is 408 Å². The molecule has 13 N–H and O–H groups in total. The van der Waals surface area contributed by atoms with Gasteiger partial charge < -0.3 is 105 Å². The first-order valence-electron chi connectivity index (χ1n) is 27.2. The van der Waals surface area contributed by atoms with E-state index in [0.717, 1.165) is 4.90 Å². The van der Waals surface area contributed by atoms with Crippen LogP contribution in [0, 0.1) is 0 Å². The van der Waals surface area contributed by atoms with Crippen LogP contribution in [0.5, 0.6) is 17.2 Å². The molecule has 30 nitrogen and oxygen atoms in total. The van der Waals surface area contributed by atoms with Crippen molar-refractivity contribution in [1.29, 1.82) is 0 Å². The number of methoxy groups -OCH3 is 1. The number of anilines is 3. The Morgan fingerprint density at radius 3 is 2.29 bits per heavy atom. The summed E-state index contributed by atoms with van der Waals surface area (Å²) < 4.78 is 37.1. The zero-order valence-corrected chi connectivity index (χ0v) is 47.0. The van der Waals surface area contributed by atoms with Gasteiger partial charge in [0, 0.05) is 64.7 Å². The maximum absolute atomic E-state index is 14.4. The molecule has 0 aliphatic carbocycles. The number of aliphatic hydroxyl groups is 5. The largest absolute Gasteiger partial charge is 0.493 e. The number of benzene rings is 2. The summed E-state index contributed by atoms with van der Waals surface area (Å²) in [5.41, 5.74) is 1.58. The van der Waals surface area contributed by atoms with Crippen molar-refractivity contribution in [2.45, 2.75) is 88.2 Å². The molecule has 85 heavy (non-hydrogen) atoms. The maximum atomic E-state index is 14.4. The molecular weight excluding hydrogens is 1120 g/mol. The second-order valence-corrected chi connectivity index (χ2v) is 20.0. The first-order chi connectivity index (χ1) is 40.8. The molecular formula is C55H72N10O20. The number of aliphatic carboxylic acids is 1. The van der Waals surface area contributed by atoms with E-state index in [1.807, 2.05) is 7.05 Å². The van der Waals surface area contributed by atoms with E-state index in [2.05, 4.69) is 38.0 Å². The van der Waals surface area contributed by atoms with E-state index in [0.29, 0.717) is 48.6 Å². The predicted octanol–water partition coefficient (Wildman–Crippen LogP) is -0.239. The summed E-state index contributed by atoms with van der Waals surface area (Å²) in [4.78, 5) is 101. The minimum Gasteiger partial charge on any atom is -0.493 e. The van der Waals surface area contributed by atoms with Crippen LogP contribution in [0.2, 0.25) is 0 Å². The van der Waals surface area contributed by atoms with Gasteiger partial charge in [0.25, 0.3) is 23.6 Å². The monoisotopic (exact) mass is 1190 g/mol. The number of carbonyl (C=O) groups is 7. The molecule has 0 saturated carbocycles. The number of nitrogens with two attached hydrogens (primary N) is 1. The Balaban J connectivity index is 1.03. The lowest BCUT2D eigenvalue weighted by Crippen LogP contribution is -2.61. The van der Waals surface area contributed by atoms with Crippen molar-refractivity contribution in [2.24, 2.45) is 12.9 Å². The third-order valence-electron chi connectivity index (χ3n) is 13.9. The molecule has 2 aromatic carbocycles. The van der Waals surface area contributed by atoms with Crippen LogP contribution in [-0.4, -0.2) is 203 Å². The fourth-order valence-corrected chi connectivity index (χ4v) is 9.61. The second-order valence-electron chi connectivity index (χ2n) is 20.0. The van der Waals surface area contributed by atoms with Crippen LogP contribution in [0.1, 0.15) is 79.4 Å². The van der Waals surface area contributed by atoms with Crippen LogP contribution in [0.4, 0.5) is 21.9 Å². The van der Waals surface area contributed by atoms with E-state index >= 15 is 0 Å².